The van der Waals surface area contributed by atoms with Crippen LogP contribution in [0, 0.1) is 5.92 Å². The van der Waals surface area contributed by atoms with Crippen LogP contribution in [-0.4, -0.2) is 4.99 Å². The fourth-order valence-electron chi connectivity index (χ4n) is 2.11. The average molecular weight is 275 g/mol. The highest BCUT2D eigenvalue weighted by molar-refractivity contribution is 7.80. The van der Waals surface area contributed by atoms with Gasteiger partial charge in [0.05, 0.1) is 4.99 Å². The molecule has 0 heterocycles. The van der Waals surface area contributed by atoms with E-state index in [2.05, 4.69) is 43.4 Å². The summed E-state index contributed by atoms with van der Waals surface area (Å²) < 4.78 is 0. The average Bonchev–Trinajstić information content (AvgIpc) is 2.44. The molecule has 1 rings (SSSR count). The third-order valence-corrected chi connectivity index (χ3v) is 3.75. The molecule has 0 fully saturated rings. The standard InChI is InChI=1S/C17H25NS/c1-3-5-6-7-9-12-15(4-2)17(19)18-16-13-10-8-11-14-16/h3,5,8,10-11,13-15H,4,6-7,9,12H2,1-2H3,(H,18,19). The molecule has 0 spiro atoms. The first-order valence-electron chi connectivity index (χ1n) is 7.25. The van der Waals surface area contributed by atoms with E-state index in [1.807, 2.05) is 18.2 Å². The number of allylic oxidation sites excluding steroid dienone is 2. The van der Waals surface area contributed by atoms with E-state index in [1.54, 1.807) is 0 Å². The molecule has 1 unspecified atom stereocenters. The Morgan fingerprint density at radius 1 is 1.26 bits per heavy atom. The van der Waals surface area contributed by atoms with Crippen molar-refractivity contribution in [2.45, 2.75) is 46.0 Å². The zero-order valence-electron chi connectivity index (χ0n) is 12.1. The van der Waals surface area contributed by atoms with Crippen molar-refractivity contribution in [3.8, 4) is 0 Å². The molecule has 1 aromatic rings. The number of unbranched alkanes of at least 4 members (excludes halogenated alkanes) is 2. The lowest BCUT2D eigenvalue weighted by Gasteiger charge is -2.17. The van der Waals surface area contributed by atoms with Gasteiger partial charge in [-0.15, -0.1) is 0 Å². The van der Waals surface area contributed by atoms with E-state index in [4.69, 9.17) is 12.2 Å². The number of anilines is 1. The Hall–Kier alpha value is -1.15. The maximum atomic E-state index is 5.53. The zero-order valence-corrected chi connectivity index (χ0v) is 12.9. The Morgan fingerprint density at radius 2 is 2.00 bits per heavy atom. The molecule has 1 aromatic carbocycles. The first-order chi connectivity index (χ1) is 9.27. The van der Waals surface area contributed by atoms with Gasteiger partial charge in [-0.2, -0.15) is 0 Å². The summed E-state index contributed by atoms with van der Waals surface area (Å²) in [7, 11) is 0. The lowest BCUT2D eigenvalue weighted by atomic mass is 9.98. The summed E-state index contributed by atoms with van der Waals surface area (Å²) in [4.78, 5) is 0.986. The van der Waals surface area contributed by atoms with Crippen LogP contribution in [0.25, 0.3) is 0 Å². The quantitative estimate of drug-likeness (QED) is 0.377. The number of nitrogens with one attached hydrogen (secondary N) is 1. The highest BCUT2D eigenvalue weighted by Crippen LogP contribution is 2.18. The van der Waals surface area contributed by atoms with E-state index >= 15 is 0 Å². The van der Waals surface area contributed by atoms with Crippen LogP contribution < -0.4 is 5.32 Å². The number of hydrogen-bond donors (Lipinski definition) is 1. The highest BCUT2D eigenvalue weighted by Gasteiger charge is 2.11. The van der Waals surface area contributed by atoms with Crippen molar-refractivity contribution in [1.82, 2.24) is 0 Å². The monoisotopic (exact) mass is 275 g/mol. The van der Waals surface area contributed by atoms with Crippen LogP contribution in [0.4, 0.5) is 5.69 Å². The first-order valence-corrected chi connectivity index (χ1v) is 7.65. The molecule has 0 amide bonds. The lowest BCUT2D eigenvalue weighted by Crippen LogP contribution is -2.20. The number of para-hydroxylation sites is 1. The molecule has 1 N–H and O–H groups in total. The molecule has 2 heteroatoms. The fourth-order valence-corrected chi connectivity index (χ4v) is 2.51. The minimum atomic E-state index is 0.501. The van der Waals surface area contributed by atoms with Gasteiger partial charge in [-0.1, -0.05) is 55.9 Å². The predicted octanol–water partition coefficient (Wildman–Crippen LogP) is 5.59. The van der Waals surface area contributed by atoms with E-state index in [9.17, 15) is 0 Å². The third kappa shape index (κ3) is 6.53. The van der Waals surface area contributed by atoms with Gasteiger partial charge in [0, 0.05) is 11.6 Å². The van der Waals surface area contributed by atoms with Crippen molar-refractivity contribution in [1.29, 1.82) is 0 Å². The predicted molar refractivity (Wildman–Crippen MR) is 89.7 cm³/mol. The van der Waals surface area contributed by atoms with Gasteiger partial charge >= 0.3 is 0 Å². The Bertz CT molecular complexity index is 384. The Morgan fingerprint density at radius 3 is 2.63 bits per heavy atom. The number of hydrogen-bond acceptors (Lipinski definition) is 1. The molecule has 1 atom stereocenters. The van der Waals surface area contributed by atoms with Crippen LogP contribution >= 0.6 is 12.2 Å². The Kier molecular flexibility index (Phi) is 8.15. The molecule has 19 heavy (non-hydrogen) atoms. The van der Waals surface area contributed by atoms with Gasteiger partial charge in [0.25, 0.3) is 0 Å². The Balaban J connectivity index is 2.35. The maximum absolute atomic E-state index is 5.53. The van der Waals surface area contributed by atoms with Crippen LogP contribution in [0.1, 0.15) is 46.0 Å². The van der Waals surface area contributed by atoms with E-state index in [0.717, 1.165) is 17.1 Å². The summed E-state index contributed by atoms with van der Waals surface area (Å²) in [5.41, 5.74) is 1.10. The van der Waals surface area contributed by atoms with Crippen molar-refractivity contribution in [2.24, 2.45) is 5.92 Å². The smallest absolute Gasteiger partial charge is 0.0828 e. The number of benzene rings is 1. The summed E-state index contributed by atoms with van der Waals surface area (Å²) in [6, 6.07) is 10.2. The lowest BCUT2D eigenvalue weighted by molar-refractivity contribution is 0.562. The minimum Gasteiger partial charge on any atom is -0.350 e. The van der Waals surface area contributed by atoms with Gasteiger partial charge in [-0.3, -0.25) is 0 Å². The summed E-state index contributed by atoms with van der Waals surface area (Å²) in [6.07, 6.45) is 10.4. The van der Waals surface area contributed by atoms with Crippen molar-refractivity contribution in [3.05, 3.63) is 42.5 Å². The normalized spacial score (nSPS) is 12.5. The third-order valence-electron chi connectivity index (χ3n) is 3.31. The van der Waals surface area contributed by atoms with Gasteiger partial charge in [0.2, 0.25) is 0 Å². The van der Waals surface area contributed by atoms with E-state index < -0.39 is 0 Å². The molecule has 0 aliphatic heterocycles. The van der Waals surface area contributed by atoms with Gasteiger partial charge < -0.3 is 5.32 Å². The van der Waals surface area contributed by atoms with Crippen LogP contribution in [0.5, 0.6) is 0 Å². The first kappa shape index (κ1) is 15.9. The molecule has 0 radical (unpaired) electrons. The second-order valence-corrected chi connectivity index (χ2v) is 5.25. The second-order valence-electron chi connectivity index (χ2n) is 4.81. The fraction of sp³-hybridized carbons (Fsp3) is 0.471. The van der Waals surface area contributed by atoms with Crippen molar-refractivity contribution in [2.75, 3.05) is 5.32 Å². The second kappa shape index (κ2) is 9.74. The zero-order chi connectivity index (χ0) is 13.9. The summed E-state index contributed by atoms with van der Waals surface area (Å²) in [5, 5.41) is 3.36. The van der Waals surface area contributed by atoms with Crippen molar-refractivity contribution in [3.63, 3.8) is 0 Å². The van der Waals surface area contributed by atoms with Crippen molar-refractivity contribution < 1.29 is 0 Å². The maximum Gasteiger partial charge on any atom is 0.0828 e. The molecular formula is C17H25NS. The van der Waals surface area contributed by atoms with E-state index in [0.29, 0.717) is 5.92 Å². The topological polar surface area (TPSA) is 12.0 Å². The van der Waals surface area contributed by atoms with Gasteiger partial charge in [0.15, 0.2) is 0 Å². The molecule has 0 saturated heterocycles. The molecule has 0 bridgehead atoms. The van der Waals surface area contributed by atoms with Gasteiger partial charge in [-0.25, -0.2) is 0 Å². The minimum absolute atomic E-state index is 0.501. The highest BCUT2D eigenvalue weighted by atomic mass is 32.1. The molecule has 0 saturated carbocycles. The van der Waals surface area contributed by atoms with Crippen molar-refractivity contribution >= 4 is 22.9 Å². The molecule has 0 aliphatic rings. The van der Waals surface area contributed by atoms with Crippen LogP contribution in [-0.2, 0) is 0 Å². The van der Waals surface area contributed by atoms with Crippen LogP contribution in [0.2, 0.25) is 0 Å². The van der Waals surface area contributed by atoms with E-state index in [1.165, 1.54) is 25.7 Å². The SMILES string of the molecule is CC=CCCCCC(CC)C(=S)Nc1ccccc1. The molecule has 104 valence electrons. The van der Waals surface area contributed by atoms with E-state index in [-0.39, 0.29) is 0 Å². The summed E-state index contributed by atoms with van der Waals surface area (Å²) >= 11 is 5.53. The van der Waals surface area contributed by atoms with Gasteiger partial charge in [0.1, 0.15) is 0 Å². The number of rotatable bonds is 8. The van der Waals surface area contributed by atoms with Crippen LogP contribution in [0.3, 0.4) is 0 Å². The largest absolute Gasteiger partial charge is 0.350 e. The molecule has 0 aliphatic carbocycles. The van der Waals surface area contributed by atoms with Crippen LogP contribution in [0.15, 0.2) is 42.5 Å². The Labute approximate surface area is 123 Å². The molecule has 0 aromatic heterocycles. The van der Waals surface area contributed by atoms with Gasteiger partial charge in [-0.05, 0) is 44.7 Å². The summed E-state index contributed by atoms with van der Waals surface area (Å²) in [6.45, 7) is 4.29. The molecular weight excluding hydrogens is 250 g/mol. The number of thiocarbonyl (C=S) groups is 1. The molecule has 1 nitrogen and oxygen atoms in total. The summed E-state index contributed by atoms with van der Waals surface area (Å²) in [5.74, 6) is 0.501.